The second-order valence-corrected chi connectivity index (χ2v) is 7.39. The van der Waals surface area contributed by atoms with Gasteiger partial charge in [0.25, 0.3) is 5.56 Å². The zero-order valence-electron chi connectivity index (χ0n) is 16.8. The topological polar surface area (TPSA) is 88.2 Å². The summed E-state index contributed by atoms with van der Waals surface area (Å²) in [5, 5.41) is 0. The Hall–Kier alpha value is -2.78. The van der Waals surface area contributed by atoms with Crippen molar-refractivity contribution in [3.8, 4) is 5.75 Å². The van der Waals surface area contributed by atoms with Crippen LogP contribution in [0.15, 0.2) is 46.1 Å². The number of aromatic amines is 1. The molecule has 3 N–H and O–H groups in total. The Bertz CT molecular complexity index is 998. The van der Waals surface area contributed by atoms with E-state index in [4.69, 9.17) is 4.74 Å². The summed E-state index contributed by atoms with van der Waals surface area (Å²) in [5.41, 5.74) is 5.47. The van der Waals surface area contributed by atoms with Crippen molar-refractivity contribution >= 4 is 0 Å². The van der Waals surface area contributed by atoms with E-state index in [0.29, 0.717) is 25.5 Å². The van der Waals surface area contributed by atoms with E-state index in [9.17, 15) is 18.4 Å². The lowest BCUT2D eigenvalue weighted by Crippen LogP contribution is -2.34. The molecule has 1 unspecified atom stereocenters. The van der Waals surface area contributed by atoms with Crippen LogP contribution in [0, 0.1) is 17.6 Å². The summed E-state index contributed by atoms with van der Waals surface area (Å²) in [6.07, 6.45) is 7.41. The van der Waals surface area contributed by atoms with Crippen molar-refractivity contribution < 1.29 is 13.5 Å². The highest BCUT2D eigenvalue weighted by molar-refractivity contribution is 5.32. The number of nitrogens with one attached hydrogen (secondary N) is 3. The molecule has 0 radical (unpaired) electrons. The molecule has 162 valence electrons. The van der Waals surface area contributed by atoms with E-state index in [-0.39, 0.29) is 24.2 Å². The van der Waals surface area contributed by atoms with Crippen molar-refractivity contribution in [2.75, 3.05) is 13.2 Å². The molecule has 1 fully saturated rings. The third kappa shape index (κ3) is 6.36. The lowest BCUT2D eigenvalue weighted by Gasteiger charge is -2.16. The molecular formula is C21H26F2N4O3. The molecule has 1 aromatic heterocycles. The van der Waals surface area contributed by atoms with E-state index in [2.05, 4.69) is 10.9 Å². The molecule has 0 amide bonds. The highest BCUT2D eigenvalue weighted by atomic mass is 19.1. The van der Waals surface area contributed by atoms with Gasteiger partial charge in [0, 0.05) is 19.1 Å². The van der Waals surface area contributed by atoms with Gasteiger partial charge in [-0.2, -0.15) is 4.39 Å². The summed E-state index contributed by atoms with van der Waals surface area (Å²) >= 11 is 0. The first kappa shape index (κ1) is 21.9. The molecular weight excluding hydrogens is 394 g/mol. The molecule has 0 spiro atoms. The van der Waals surface area contributed by atoms with E-state index in [1.54, 1.807) is 18.2 Å². The summed E-state index contributed by atoms with van der Waals surface area (Å²) in [6.45, 7) is 3.29. The van der Waals surface area contributed by atoms with E-state index in [1.807, 2.05) is 18.0 Å². The largest absolute Gasteiger partial charge is 0.490 e. The maximum Gasteiger partial charge on any atom is 0.328 e. The number of hydrogen-bond acceptors (Lipinski definition) is 5. The first-order chi connectivity index (χ1) is 14.4. The smallest absolute Gasteiger partial charge is 0.328 e. The van der Waals surface area contributed by atoms with Crippen molar-refractivity contribution in [2.45, 2.75) is 38.8 Å². The number of hydrazine groups is 1. The first-order valence-corrected chi connectivity index (χ1v) is 9.99. The van der Waals surface area contributed by atoms with Gasteiger partial charge in [-0.3, -0.25) is 25.2 Å². The minimum Gasteiger partial charge on any atom is -0.490 e. The Labute approximate surface area is 172 Å². The van der Waals surface area contributed by atoms with Crippen LogP contribution in [-0.4, -0.2) is 22.7 Å². The lowest BCUT2D eigenvalue weighted by atomic mass is 10.1. The van der Waals surface area contributed by atoms with Gasteiger partial charge in [0.15, 0.2) is 11.6 Å². The second kappa shape index (κ2) is 10.3. The van der Waals surface area contributed by atoms with Crippen molar-refractivity contribution in [2.24, 2.45) is 5.92 Å². The Morgan fingerprint density at radius 2 is 2.07 bits per heavy atom. The number of nitrogens with zero attached hydrogens (tertiary/aromatic N) is 1. The van der Waals surface area contributed by atoms with Crippen LogP contribution >= 0.6 is 0 Å². The predicted molar refractivity (Wildman–Crippen MR) is 109 cm³/mol. The maximum atomic E-state index is 13.9. The van der Waals surface area contributed by atoms with Crippen LogP contribution in [0.25, 0.3) is 0 Å². The Kier molecular flexibility index (Phi) is 7.53. The van der Waals surface area contributed by atoms with Crippen LogP contribution in [-0.2, 0) is 6.54 Å². The Morgan fingerprint density at radius 3 is 2.83 bits per heavy atom. The average molecular weight is 420 g/mol. The van der Waals surface area contributed by atoms with Crippen LogP contribution in [0.3, 0.4) is 0 Å². The van der Waals surface area contributed by atoms with Gasteiger partial charge in [0.05, 0.1) is 12.8 Å². The van der Waals surface area contributed by atoms with Crippen LogP contribution in [0.4, 0.5) is 8.78 Å². The van der Waals surface area contributed by atoms with E-state index in [1.165, 1.54) is 6.07 Å². The molecule has 1 heterocycles. The summed E-state index contributed by atoms with van der Waals surface area (Å²) in [4.78, 5) is 24.4. The molecule has 7 nitrogen and oxygen atoms in total. The SMILES string of the molecule is CC(NNCC/C=C/Cn1cc(F)c(=O)[nH]c1=O)c1ccc(F)c(OCC2CC2)c1. The molecule has 3 rings (SSSR count). The average Bonchev–Trinajstić information content (AvgIpc) is 3.54. The second-order valence-electron chi connectivity index (χ2n) is 7.39. The number of aromatic nitrogens is 2. The van der Waals surface area contributed by atoms with Crippen LogP contribution in [0.5, 0.6) is 5.75 Å². The Balaban J connectivity index is 1.39. The van der Waals surface area contributed by atoms with Crippen LogP contribution in [0.2, 0.25) is 0 Å². The zero-order valence-corrected chi connectivity index (χ0v) is 16.8. The van der Waals surface area contributed by atoms with E-state index in [0.717, 1.165) is 29.2 Å². The molecule has 1 atom stereocenters. The fourth-order valence-electron chi connectivity index (χ4n) is 2.78. The zero-order chi connectivity index (χ0) is 21.5. The molecule has 2 aromatic rings. The number of rotatable bonds is 11. The molecule has 0 saturated heterocycles. The van der Waals surface area contributed by atoms with Gasteiger partial charge in [0.2, 0.25) is 5.82 Å². The number of hydrogen-bond donors (Lipinski definition) is 3. The van der Waals surface area contributed by atoms with Gasteiger partial charge in [0.1, 0.15) is 0 Å². The van der Waals surface area contributed by atoms with Gasteiger partial charge >= 0.3 is 5.69 Å². The van der Waals surface area contributed by atoms with Crippen molar-refractivity contribution in [3.05, 3.63) is 74.6 Å². The minimum absolute atomic E-state index is 0.0550. The third-order valence-electron chi connectivity index (χ3n) is 4.82. The standard InChI is InChI=1S/C21H26F2N4O3/c1-14(16-7-8-17(22)19(11-16)30-13-15-5-6-15)26-24-9-3-2-4-10-27-12-18(23)20(28)25-21(27)29/h2,4,7-8,11-12,14-15,24,26H,3,5-6,9-10,13H2,1H3,(H,25,28,29)/b4-2+. The fourth-order valence-corrected chi connectivity index (χ4v) is 2.78. The van der Waals surface area contributed by atoms with Crippen LogP contribution < -0.4 is 26.8 Å². The van der Waals surface area contributed by atoms with Crippen molar-refractivity contribution in [1.29, 1.82) is 0 Å². The van der Waals surface area contributed by atoms with Gasteiger partial charge in [-0.25, -0.2) is 9.18 Å². The van der Waals surface area contributed by atoms with Crippen molar-refractivity contribution in [3.63, 3.8) is 0 Å². The molecule has 9 heteroatoms. The van der Waals surface area contributed by atoms with Gasteiger partial charge < -0.3 is 4.74 Å². The molecule has 1 saturated carbocycles. The lowest BCUT2D eigenvalue weighted by molar-refractivity contribution is 0.284. The molecule has 1 aliphatic carbocycles. The fraction of sp³-hybridized carbons (Fsp3) is 0.429. The number of allylic oxidation sites excluding steroid dienone is 1. The van der Waals surface area contributed by atoms with Gasteiger partial charge in [-0.15, -0.1) is 0 Å². The molecule has 1 aromatic carbocycles. The number of halogens is 2. The highest BCUT2D eigenvalue weighted by Crippen LogP contribution is 2.30. The predicted octanol–water partition coefficient (Wildman–Crippen LogP) is 2.41. The van der Waals surface area contributed by atoms with Crippen molar-refractivity contribution in [1.82, 2.24) is 20.4 Å². The summed E-state index contributed by atoms with van der Waals surface area (Å²) in [5.74, 6) is -0.513. The van der Waals surface area contributed by atoms with Crippen LogP contribution in [0.1, 0.15) is 37.8 Å². The quantitative estimate of drug-likeness (QED) is 0.295. The van der Waals surface area contributed by atoms with Gasteiger partial charge in [-0.05, 0) is 49.8 Å². The molecule has 0 aliphatic heterocycles. The number of H-pyrrole nitrogens is 1. The molecule has 0 bridgehead atoms. The first-order valence-electron chi connectivity index (χ1n) is 9.99. The molecule has 1 aliphatic rings. The third-order valence-corrected chi connectivity index (χ3v) is 4.82. The highest BCUT2D eigenvalue weighted by Gasteiger charge is 2.22. The summed E-state index contributed by atoms with van der Waals surface area (Å²) < 4.78 is 33.8. The number of ether oxygens (including phenoxy) is 1. The van der Waals surface area contributed by atoms with E-state index < -0.39 is 17.1 Å². The monoisotopic (exact) mass is 420 g/mol. The van der Waals surface area contributed by atoms with E-state index >= 15 is 0 Å². The Morgan fingerprint density at radius 1 is 1.27 bits per heavy atom. The minimum atomic E-state index is -1.02. The summed E-state index contributed by atoms with van der Waals surface area (Å²) in [7, 11) is 0. The maximum absolute atomic E-state index is 13.9. The molecule has 30 heavy (non-hydrogen) atoms. The number of benzene rings is 1. The normalized spacial score (nSPS) is 14.9. The summed E-state index contributed by atoms with van der Waals surface area (Å²) in [6, 6.07) is 4.80. The van der Waals surface area contributed by atoms with Gasteiger partial charge in [-0.1, -0.05) is 18.2 Å².